The average molecular weight is 463 g/mol. The number of carbonyl (C=O) groups is 3. The number of amides is 4. The van der Waals surface area contributed by atoms with Crippen molar-refractivity contribution in [2.24, 2.45) is 5.41 Å². The van der Waals surface area contributed by atoms with Gasteiger partial charge >= 0.3 is 6.03 Å². The minimum absolute atomic E-state index is 0.00395. The number of piperazine rings is 1. The molecule has 0 bridgehead atoms. The molecule has 3 aliphatic rings. The summed E-state index contributed by atoms with van der Waals surface area (Å²) < 4.78 is 0. The van der Waals surface area contributed by atoms with Gasteiger partial charge in [-0.25, -0.2) is 4.79 Å². The highest BCUT2D eigenvalue weighted by atomic mass is 16.6. The molecule has 10 nitrogen and oxygen atoms in total. The summed E-state index contributed by atoms with van der Waals surface area (Å²) in [6.45, 7) is 2.36. The number of carbonyl (C=O) groups excluding carboxylic acids is 3. The molecule has 1 spiro atoms. The molecule has 2 fully saturated rings. The molecule has 176 valence electrons. The number of rotatable bonds is 3. The summed E-state index contributed by atoms with van der Waals surface area (Å²) in [5, 5.41) is 11.4. The SMILES string of the molecule is CN1C(=O)N(C)C(=O)C2(Cc3cc([N+](=O)[O-])ccc3N3CCN(Cc4ccccc4)C[C@H]32)C1=O. The van der Waals surface area contributed by atoms with Gasteiger partial charge in [0.2, 0.25) is 11.8 Å². The summed E-state index contributed by atoms with van der Waals surface area (Å²) in [7, 11) is 2.76. The summed E-state index contributed by atoms with van der Waals surface area (Å²) in [5.74, 6) is -1.12. The fourth-order valence-corrected chi connectivity index (χ4v) is 5.59. The first-order valence-corrected chi connectivity index (χ1v) is 11.1. The molecule has 0 saturated carbocycles. The Kier molecular flexibility index (Phi) is 5.12. The smallest absolute Gasteiger partial charge is 0.332 e. The van der Waals surface area contributed by atoms with E-state index in [2.05, 4.69) is 4.90 Å². The Morgan fingerprint density at radius 2 is 1.68 bits per heavy atom. The van der Waals surface area contributed by atoms with Gasteiger partial charge in [-0.15, -0.1) is 0 Å². The molecule has 4 amide bonds. The number of anilines is 1. The predicted molar refractivity (Wildman–Crippen MR) is 123 cm³/mol. The first-order chi connectivity index (χ1) is 16.2. The van der Waals surface area contributed by atoms with Crippen LogP contribution >= 0.6 is 0 Å². The van der Waals surface area contributed by atoms with Crippen molar-refractivity contribution < 1.29 is 19.3 Å². The number of hydrogen-bond acceptors (Lipinski definition) is 7. The lowest BCUT2D eigenvalue weighted by Gasteiger charge is -2.56. The molecule has 3 aliphatic heterocycles. The van der Waals surface area contributed by atoms with Crippen LogP contribution in [-0.2, 0) is 22.6 Å². The van der Waals surface area contributed by atoms with Crippen molar-refractivity contribution in [2.75, 3.05) is 38.6 Å². The third kappa shape index (κ3) is 3.17. The van der Waals surface area contributed by atoms with Crippen molar-refractivity contribution in [1.82, 2.24) is 14.7 Å². The normalized spacial score (nSPS) is 22.1. The maximum atomic E-state index is 13.7. The number of non-ortho nitro benzene ring substituents is 1. The maximum Gasteiger partial charge on any atom is 0.332 e. The predicted octanol–water partition coefficient (Wildman–Crippen LogP) is 1.88. The first kappa shape index (κ1) is 22.0. The van der Waals surface area contributed by atoms with Crippen LogP contribution in [0.3, 0.4) is 0 Å². The van der Waals surface area contributed by atoms with Gasteiger partial charge in [-0.1, -0.05) is 30.3 Å². The van der Waals surface area contributed by atoms with Crippen LogP contribution in [0, 0.1) is 15.5 Å². The van der Waals surface area contributed by atoms with Crippen LogP contribution in [0.2, 0.25) is 0 Å². The molecule has 34 heavy (non-hydrogen) atoms. The largest absolute Gasteiger partial charge is 0.364 e. The van der Waals surface area contributed by atoms with E-state index in [0.717, 1.165) is 21.1 Å². The molecule has 2 aromatic rings. The number of nitrogens with zero attached hydrogens (tertiary/aromatic N) is 5. The lowest BCUT2D eigenvalue weighted by molar-refractivity contribution is -0.384. The van der Waals surface area contributed by atoms with Crippen molar-refractivity contribution in [3.8, 4) is 0 Å². The fraction of sp³-hybridized carbons (Fsp3) is 0.375. The summed E-state index contributed by atoms with van der Waals surface area (Å²) in [5.41, 5.74) is 0.851. The molecule has 0 N–H and O–H groups in total. The molecular weight excluding hydrogens is 438 g/mol. The van der Waals surface area contributed by atoms with Crippen LogP contribution in [0.1, 0.15) is 11.1 Å². The fourth-order valence-electron chi connectivity index (χ4n) is 5.59. The highest BCUT2D eigenvalue weighted by molar-refractivity contribution is 6.20. The Balaban J connectivity index is 1.61. The van der Waals surface area contributed by atoms with Gasteiger partial charge in [-0.3, -0.25) is 34.4 Å². The zero-order valence-electron chi connectivity index (χ0n) is 19.0. The first-order valence-electron chi connectivity index (χ1n) is 11.1. The zero-order valence-corrected chi connectivity index (χ0v) is 19.0. The molecule has 5 rings (SSSR count). The van der Waals surface area contributed by atoms with Crippen molar-refractivity contribution in [2.45, 2.75) is 19.0 Å². The van der Waals surface area contributed by atoms with Gasteiger partial charge in [0.05, 0.1) is 11.0 Å². The van der Waals surface area contributed by atoms with E-state index in [9.17, 15) is 24.5 Å². The van der Waals surface area contributed by atoms with E-state index in [-0.39, 0.29) is 12.1 Å². The summed E-state index contributed by atoms with van der Waals surface area (Å²) in [6.07, 6.45) is 0.00395. The van der Waals surface area contributed by atoms with Crippen LogP contribution in [-0.4, -0.2) is 77.2 Å². The Hall–Kier alpha value is -3.79. The number of urea groups is 1. The van der Waals surface area contributed by atoms with E-state index in [1.807, 2.05) is 35.2 Å². The van der Waals surface area contributed by atoms with Crippen LogP contribution < -0.4 is 4.90 Å². The lowest BCUT2D eigenvalue weighted by atomic mass is 9.67. The monoisotopic (exact) mass is 463 g/mol. The highest BCUT2D eigenvalue weighted by Crippen LogP contribution is 2.47. The molecule has 0 unspecified atom stereocenters. The second-order valence-electron chi connectivity index (χ2n) is 9.16. The molecule has 2 saturated heterocycles. The second-order valence-corrected chi connectivity index (χ2v) is 9.16. The molecule has 0 radical (unpaired) electrons. The van der Waals surface area contributed by atoms with Crippen LogP contribution in [0.4, 0.5) is 16.2 Å². The van der Waals surface area contributed by atoms with Crippen LogP contribution in [0.15, 0.2) is 48.5 Å². The van der Waals surface area contributed by atoms with Crippen molar-refractivity contribution >= 4 is 29.2 Å². The molecule has 2 aromatic carbocycles. The minimum atomic E-state index is -1.55. The van der Waals surface area contributed by atoms with E-state index in [0.29, 0.717) is 31.7 Å². The Morgan fingerprint density at radius 1 is 1.00 bits per heavy atom. The quantitative estimate of drug-likeness (QED) is 0.389. The second kappa shape index (κ2) is 7.91. The Labute approximate surface area is 196 Å². The number of hydrogen-bond donors (Lipinski definition) is 0. The Morgan fingerprint density at radius 3 is 2.32 bits per heavy atom. The van der Waals surface area contributed by atoms with Gasteiger partial charge in [-0.2, -0.15) is 0 Å². The molecule has 0 aromatic heterocycles. The van der Waals surface area contributed by atoms with Gasteiger partial charge < -0.3 is 4.90 Å². The van der Waals surface area contributed by atoms with Crippen molar-refractivity contribution in [3.63, 3.8) is 0 Å². The zero-order chi connectivity index (χ0) is 24.2. The molecule has 10 heteroatoms. The van der Waals surface area contributed by atoms with E-state index < -0.39 is 34.2 Å². The maximum absolute atomic E-state index is 13.7. The van der Waals surface area contributed by atoms with Crippen molar-refractivity contribution in [1.29, 1.82) is 0 Å². The Bertz CT molecular complexity index is 1180. The van der Waals surface area contributed by atoms with Crippen LogP contribution in [0.25, 0.3) is 0 Å². The van der Waals surface area contributed by atoms with Crippen LogP contribution in [0.5, 0.6) is 0 Å². The number of barbiturate groups is 1. The third-order valence-corrected chi connectivity index (χ3v) is 7.28. The molecule has 3 heterocycles. The van der Waals surface area contributed by atoms with Gasteiger partial charge in [0.25, 0.3) is 5.69 Å². The standard InChI is InChI=1S/C24H25N5O5/c1-25-21(30)24(22(31)26(2)23(25)32)13-17-12-18(29(33)34)8-9-19(17)28-11-10-27(15-20(24)28)14-16-6-4-3-5-7-16/h3-9,12,20H,10-11,13-15H2,1-2H3/t20-/m0/s1. The van der Waals surface area contributed by atoms with Gasteiger partial charge in [0.1, 0.15) is 0 Å². The topological polar surface area (TPSA) is 107 Å². The number of nitro groups is 1. The van der Waals surface area contributed by atoms with E-state index in [1.54, 1.807) is 6.07 Å². The van der Waals surface area contributed by atoms with Gasteiger partial charge in [0.15, 0.2) is 5.41 Å². The van der Waals surface area contributed by atoms with Gasteiger partial charge in [-0.05, 0) is 17.2 Å². The molecule has 1 atom stereocenters. The minimum Gasteiger partial charge on any atom is -0.364 e. The van der Waals surface area contributed by atoms with E-state index in [4.69, 9.17) is 0 Å². The van der Waals surface area contributed by atoms with Crippen molar-refractivity contribution in [3.05, 3.63) is 69.8 Å². The summed E-state index contributed by atoms with van der Waals surface area (Å²) >= 11 is 0. The molecular formula is C24H25N5O5. The summed E-state index contributed by atoms with van der Waals surface area (Å²) in [4.78, 5) is 57.1. The lowest BCUT2D eigenvalue weighted by Crippen LogP contribution is -2.74. The summed E-state index contributed by atoms with van der Waals surface area (Å²) in [6, 6.07) is 13.4. The van der Waals surface area contributed by atoms with E-state index in [1.165, 1.54) is 26.2 Å². The van der Waals surface area contributed by atoms with Gasteiger partial charge in [0, 0.05) is 64.5 Å². The average Bonchev–Trinajstić information content (AvgIpc) is 2.85. The number of fused-ring (bicyclic) bond motifs is 4. The number of nitro benzene ring substituents is 1. The van der Waals surface area contributed by atoms with E-state index >= 15 is 0 Å². The third-order valence-electron chi connectivity index (χ3n) is 7.28. The molecule has 0 aliphatic carbocycles. The number of benzene rings is 2. The highest BCUT2D eigenvalue weighted by Gasteiger charge is 2.63. The number of imide groups is 2.